The maximum absolute atomic E-state index is 12.5. The average molecular weight is 504 g/mol. The molecule has 0 radical (unpaired) electrons. The maximum Gasteiger partial charge on any atom is 0.355 e. The van der Waals surface area contributed by atoms with E-state index < -0.39 is 10.9 Å². The Kier molecular flexibility index (Phi) is 9.62. The molecule has 1 aliphatic heterocycles. The van der Waals surface area contributed by atoms with Crippen molar-refractivity contribution >= 4 is 23.5 Å². The van der Waals surface area contributed by atoms with E-state index in [-0.39, 0.29) is 17.1 Å². The predicted octanol–water partition coefficient (Wildman–Crippen LogP) is 3.68. The van der Waals surface area contributed by atoms with Crippen molar-refractivity contribution in [3.8, 4) is 22.6 Å². The topological polar surface area (TPSA) is 116 Å². The lowest BCUT2D eigenvalue weighted by Crippen LogP contribution is -2.38. The molecule has 1 saturated heterocycles. The SMILES string of the molecule is COC(=O)c1cc(-c2ccccc2)cn1-c1cc(OCCN2CCOCC2)ccc1[N+](=O)[O-].OCl. The summed E-state index contributed by atoms with van der Waals surface area (Å²) < 4.78 is 24.1. The van der Waals surface area contributed by atoms with Gasteiger partial charge in [0.2, 0.25) is 0 Å². The van der Waals surface area contributed by atoms with Gasteiger partial charge >= 0.3 is 5.97 Å². The first-order valence-electron chi connectivity index (χ1n) is 10.8. The fourth-order valence-corrected chi connectivity index (χ4v) is 3.77. The summed E-state index contributed by atoms with van der Waals surface area (Å²) in [5, 5.41) is 11.8. The standard InChI is InChI=1S/C24H25N3O6.ClHO/c1-31-24(28)23-15-19(18-5-3-2-4-6-18)17-26(23)22-16-20(7-8-21(22)27(29)30)33-14-11-25-9-12-32-13-10-25;1-2/h2-8,15-17H,9-14H2,1H3;2H. The normalized spacial score (nSPS) is 13.5. The number of hydrogen-bond acceptors (Lipinski definition) is 8. The first kappa shape index (κ1) is 26.2. The van der Waals surface area contributed by atoms with Gasteiger partial charge in [0, 0.05) is 43.5 Å². The summed E-state index contributed by atoms with van der Waals surface area (Å²) in [6.45, 7) is 4.27. The first-order valence-corrected chi connectivity index (χ1v) is 11.2. The zero-order valence-corrected chi connectivity index (χ0v) is 19.9. The predicted molar refractivity (Wildman–Crippen MR) is 130 cm³/mol. The number of aromatic nitrogens is 1. The molecule has 1 N–H and O–H groups in total. The van der Waals surface area contributed by atoms with E-state index in [2.05, 4.69) is 16.8 Å². The Morgan fingerprint density at radius 3 is 2.49 bits per heavy atom. The minimum absolute atomic E-state index is 0.143. The Hall–Kier alpha value is -3.44. The van der Waals surface area contributed by atoms with Gasteiger partial charge in [-0.2, -0.15) is 0 Å². The Morgan fingerprint density at radius 1 is 1.11 bits per heavy atom. The fourth-order valence-electron chi connectivity index (χ4n) is 3.77. The summed E-state index contributed by atoms with van der Waals surface area (Å²) in [4.78, 5) is 26.0. The Bertz CT molecular complexity index is 1130. The third kappa shape index (κ3) is 6.58. The highest BCUT2D eigenvalue weighted by Crippen LogP contribution is 2.32. The summed E-state index contributed by atoms with van der Waals surface area (Å²) in [6.07, 6.45) is 1.70. The molecule has 0 bridgehead atoms. The van der Waals surface area contributed by atoms with Crippen molar-refractivity contribution in [1.29, 1.82) is 0 Å². The summed E-state index contributed by atoms with van der Waals surface area (Å²) in [6, 6.07) is 15.7. The number of halogens is 1. The summed E-state index contributed by atoms with van der Waals surface area (Å²) >= 11 is 3.64. The molecule has 1 fully saturated rings. The second kappa shape index (κ2) is 12.9. The van der Waals surface area contributed by atoms with Gasteiger partial charge in [-0.25, -0.2) is 4.79 Å². The van der Waals surface area contributed by atoms with Crippen LogP contribution in [0.15, 0.2) is 60.8 Å². The average Bonchev–Trinajstić information content (AvgIpc) is 3.36. The van der Waals surface area contributed by atoms with E-state index in [0.717, 1.165) is 30.8 Å². The van der Waals surface area contributed by atoms with Gasteiger partial charge in [-0.15, -0.1) is 0 Å². The zero-order chi connectivity index (χ0) is 25.2. The molecule has 35 heavy (non-hydrogen) atoms. The number of methoxy groups -OCH3 is 1. The van der Waals surface area contributed by atoms with Crippen LogP contribution in [0.2, 0.25) is 0 Å². The highest BCUT2D eigenvalue weighted by atomic mass is 35.5. The first-order chi connectivity index (χ1) is 17.1. The zero-order valence-electron chi connectivity index (χ0n) is 19.1. The highest BCUT2D eigenvalue weighted by molar-refractivity contribution is 6.04. The van der Waals surface area contributed by atoms with E-state index in [0.29, 0.717) is 25.6 Å². The van der Waals surface area contributed by atoms with E-state index in [1.165, 1.54) is 17.7 Å². The van der Waals surface area contributed by atoms with Gasteiger partial charge < -0.3 is 18.8 Å². The Labute approximate surface area is 207 Å². The van der Waals surface area contributed by atoms with Crippen LogP contribution in [0.1, 0.15) is 10.5 Å². The molecule has 0 atom stereocenters. The van der Waals surface area contributed by atoms with Gasteiger partial charge in [-0.05, 0) is 17.7 Å². The van der Waals surface area contributed by atoms with Crippen molar-refractivity contribution in [2.45, 2.75) is 0 Å². The van der Waals surface area contributed by atoms with Crippen LogP contribution in [0.5, 0.6) is 5.75 Å². The molecule has 1 aromatic heterocycles. The molecule has 0 saturated carbocycles. The van der Waals surface area contributed by atoms with Crippen LogP contribution < -0.4 is 4.74 Å². The number of ether oxygens (including phenoxy) is 3. The molecule has 1 aliphatic rings. The molecule has 186 valence electrons. The molecule has 0 unspecified atom stereocenters. The molecule has 10 nitrogen and oxygen atoms in total. The number of benzene rings is 2. The lowest BCUT2D eigenvalue weighted by atomic mass is 10.1. The minimum Gasteiger partial charge on any atom is -0.492 e. The number of rotatable bonds is 8. The summed E-state index contributed by atoms with van der Waals surface area (Å²) in [5.41, 5.74) is 1.89. The van der Waals surface area contributed by atoms with Crippen molar-refractivity contribution in [3.05, 3.63) is 76.6 Å². The van der Waals surface area contributed by atoms with Crippen molar-refractivity contribution in [2.24, 2.45) is 0 Å². The number of hydrogen-bond donors (Lipinski definition) is 1. The van der Waals surface area contributed by atoms with Gasteiger partial charge in [-0.3, -0.25) is 19.7 Å². The van der Waals surface area contributed by atoms with Crippen molar-refractivity contribution in [3.63, 3.8) is 0 Å². The molecule has 2 heterocycles. The second-order valence-electron chi connectivity index (χ2n) is 7.55. The third-order valence-electron chi connectivity index (χ3n) is 5.50. The van der Waals surface area contributed by atoms with Crippen LogP contribution in [0, 0.1) is 10.1 Å². The monoisotopic (exact) mass is 503 g/mol. The molecule has 0 amide bonds. The van der Waals surface area contributed by atoms with Crippen molar-refractivity contribution in [1.82, 2.24) is 9.47 Å². The number of carbonyl (C=O) groups is 1. The van der Waals surface area contributed by atoms with Crippen LogP contribution in [0.3, 0.4) is 0 Å². The van der Waals surface area contributed by atoms with E-state index in [1.54, 1.807) is 24.4 Å². The number of esters is 1. The van der Waals surface area contributed by atoms with Crippen molar-refractivity contribution in [2.75, 3.05) is 46.6 Å². The molecule has 11 heteroatoms. The summed E-state index contributed by atoms with van der Waals surface area (Å²) in [7, 11) is 1.28. The van der Waals surface area contributed by atoms with Gasteiger partial charge in [0.1, 0.15) is 23.7 Å². The number of carbonyl (C=O) groups excluding carboxylic acids is 1. The number of nitro groups is 1. The van der Waals surface area contributed by atoms with E-state index in [1.807, 2.05) is 30.3 Å². The van der Waals surface area contributed by atoms with E-state index >= 15 is 0 Å². The maximum atomic E-state index is 12.5. The van der Waals surface area contributed by atoms with E-state index in [9.17, 15) is 14.9 Å². The van der Waals surface area contributed by atoms with E-state index in [4.69, 9.17) is 18.9 Å². The number of morpholine rings is 1. The number of nitro benzene ring substituents is 1. The van der Waals surface area contributed by atoms with Crippen LogP contribution in [0.4, 0.5) is 5.69 Å². The molecule has 0 spiro atoms. The van der Waals surface area contributed by atoms with Crippen molar-refractivity contribution < 1.29 is 28.6 Å². The van der Waals surface area contributed by atoms with Gasteiger partial charge in [0.05, 0.1) is 37.1 Å². The molecule has 0 aliphatic carbocycles. The molecule has 2 aromatic carbocycles. The highest BCUT2D eigenvalue weighted by Gasteiger charge is 2.23. The van der Waals surface area contributed by atoms with Crippen LogP contribution in [-0.4, -0.2) is 71.6 Å². The molecular weight excluding hydrogens is 478 g/mol. The smallest absolute Gasteiger partial charge is 0.355 e. The number of nitrogens with zero attached hydrogens (tertiary/aromatic N) is 3. The lowest BCUT2D eigenvalue weighted by molar-refractivity contribution is -0.384. The molecular formula is C24H26ClN3O7. The lowest BCUT2D eigenvalue weighted by Gasteiger charge is -2.26. The van der Waals surface area contributed by atoms with Gasteiger partial charge in [-0.1, -0.05) is 30.3 Å². The van der Waals surface area contributed by atoms with Crippen LogP contribution in [0.25, 0.3) is 16.8 Å². The van der Waals surface area contributed by atoms with Crippen LogP contribution >= 0.6 is 11.9 Å². The largest absolute Gasteiger partial charge is 0.492 e. The molecule has 4 rings (SSSR count). The second-order valence-corrected chi connectivity index (χ2v) is 7.55. The minimum atomic E-state index is -0.592. The van der Waals surface area contributed by atoms with Gasteiger partial charge in [0.25, 0.3) is 5.69 Å². The Balaban J connectivity index is 0.00000167. The molecule has 3 aromatic rings. The summed E-state index contributed by atoms with van der Waals surface area (Å²) in [5.74, 6) is -0.111. The quantitative estimate of drug-likeness (QED) is 0.281. The van der Waals surface area contributed by atoms with Gasteiger partial charge in [0.15, 0.2) is 0 Å². The van der Waals surface area contributed by atoms with Crippen LogP contribution in [-0.2, 0) is 9.47 Å². The third-order valence-corrected chi connectivity index (χ3v) is 5.50. The Morgan fingerprint density at radius 2 is 1.83 bits per heavy atom. The fraction of sp³-hybridized carbons (Fsp3) is 0.292.